The van der Waals surface area contributed by atoms with Crippen LogP contribution in [0.4, 0.5) is 4.79 Å². The molecule has 2 atom stereocenters. The van der Waals surface area contributed by atoms with Gasteiger partial charge in [-0.15, -0.1) is 0 Å². The van der Waals surface area contributed by atoms with Crippen molar-refractivity contribution < 1.29 is 19.5 Å². The van der Waals surface area contributed by atoms with Crippen molar-refractivity contribution in [2.75, 3.05) is 13.1 Å². The van der Waals surface area contributed by atoms with Crippen LogP contribution in [0.5, 0.6) is 0 Å². The van der Waals surface area contributed by atoms with Crippen LogP contribution >= 0.6 is 0 Å². The van der Waals surface area contributed by atoms with Crippen molar-refractivity contribution >= 4 is 17.9 Å². The minimum atomic E-state index is -1.19. The van der Waals surface area contributed by atoms with Gasteiger partial charge in [0.1, 0.15) is 11.6 Å². The van der Waals surface area contributed by atoms with E-state index in [4.69, 9.17) is 5.73 Å². The molecule has 0 aromatic rings. The van der Waals surface area contributed by atoms with E-state index in [1.165, 1.54) is 9.80 Å². The molecule has 2 rings (SSSR count). The first-order valence-electron chi connectivity index (χ1n) is 6.99. The summed E-state index contributed by atoms with van der Waals surface area (Å²) in [6.07, 6.45) is 3.27. The average Bonchev–Trinajstić information content (AvgIpc) is 2.87. The number of likely N-dealkylation sites (tertiary alicyclic amines) is 2. The minimum Gasteiger partial charge on any atom is -0.480 e. The molecule has 0 bridgehead atoms. The van der Waals surface area contributed by atoms with Crippen LogP contribution in [0, 0.1) is 0 Å². The Morgan fingerprint density at radius 1 is 1.20 bits per heavy atom. The lowest BCUT2D eigenvalue weighted by Gasteiger charge is -2.43. The summed E-state index contributed by atoms with van der Waals surface area (Å²) in [4.78, 5) is 38.3. The summed E-state index contributed by atoms with van der Waals surface area (Å²) in [6, 6.07) is -0.988. The first-order chi connectivity index (χ1) is 9.38. The zero-order chi connectivity index (χ0) is 14.9. The number of carboxylic acid groups (broad SMARTS) is 1. The number of nitrogens with zero attached hydrogens (tertiary/aromatic N) is 2. The molecule has 7 nitrogen and oxygen atoms in total. The van der Waals surface area contributed by atoms with Crippen LogP contribution < -0.4 is 5.73 Å². The van der Waals surface area contributed by atoms with Crippen LogP contribution in [0.1, 0.15) is 39.0 Å². The quantitative estimate of drug-likeness (QED) is 0.764. The Bertz CT molecular complexity index is 439. The molecule has 3 N–H and O–H groups in total. The summed E-state index contributed by atoms with van der Waals surface area (Å²) in [5.41, 5.74) is 4.12. The van der Waals surface area contributed by atoms with E-state index >= 15 is 0 Å². The highest BCUT2D eigenvalue weighted by Crippen LogP contribution is 2.31. The van der Waals surface area contributed by atoms with Gasteiger partial charge in [-0.05, 0) is 39.0 Å². The number of hydrogen-bond acceptors (Lipinski definition) is 3. The maximum Gasteiger partial charge on any atom is 0.329 e. The molecular formula is C13H21N3O4. The predicted molar refractivity (Wildman–Crippen MR) is 70.9 cm³/mol. The van der Waals surface area contributed by atoms with Crippen molar-refractivity contribution in [3.63, 3.8) is 0 Å². The lowest BCUT2D eigenvalue weighted by molar-refractivity contribution is -0.150. The van der Waals surface area contributed by atoms with E-state index in [-0.39, 0.29) is 6.03 Å². The van der Waals surface area contributed by atoms with Gasteiger partial charge in [-0.25, -0.2) is 9.59 Å². The highest BCUT2D eigenvalue weighted by Gasteiger charge is 2.47. The fourth-order valence-electron chi connectivity index (χ4n) is 3.10. The Balaban J connectivity index is 2.22. The largest absolute Gasteiger partial charge is 0.480 e. The Morgan fingerprint density at radius 2 is 1.90 bits per heavy atom. The third kappa shape index (κ3) is 2.32. The molecule has 112 valence electrons. The van der Waals surface area contributed by atoms with Gasteiger partial charge in [-0.3, -0.25) is 4.79 Å². The van der Waals surface area contributed by atoms with Gasteiger partial charge in [0.15, 0.2) is 0 Å². The fraction of sp³-hybridized carbons (Fsp3) is 0.769. The summed E-state index contributed by atoms with van der Waals surface area (Å²) in [5.74, 6) is -1.52. The Kier molecular flexibility index (Phi) is 3.87. The van der Waals surface area contributed by atoms with Crippen molar-refractivity contribution in [3.8, 4) is 0 Å². The van der Waals surface area contributed by atoms with Gasteiger partial charge < -0.3 is 20.6 Å². The summed E-state index contributed by atoms with van der Waals surface area (Å²) in [5, 5.41) is 9.43. The number of piperidine rings is 1. The number of nitrogens with two attached hydrogens (primary N) is 1. The first-order valence-corrected chi connectivity index (χ1v) is 6.99. The van der Waals surface area contributed by atoms with Crippen molar-refractivity contribution in [3.05, 3.63) is 0 Å². The summed E-state index contributed by atoms with van der Waals surface area (Å²) >= 11 is 0. The molecule has 2 fully saturated rings. The van der Waals surface area contributed by atoms with Crippen LogP contribution in [0.2, 0.25) is 0 Å². The number of carbonyl (C=O) groups excluding carboxylic acids is 2. The van der Waals surface area contributed by atoms with E-state index in [0.29, 0.717) is 25.9 Å². The van der Waals surface area contributed by atoms with E-state index in [2.05, 4.69) is 0 Å². The number of carbonyl (C=O) groups is 3. The Labute approximate surface area is 117 Å². The number of urea groups is 1. The second-order valence-corrected chi connectivity index (χ2v) is 5.72. The average molecular weight is 283 g/mol. The van der Waals surface area contributed by atoms with Crippen molar-refractivity contribution in [1.82, 2.24) is 9.80 Å². The standard InChI is InChI=1S/C13H21N3O4/c1-13(11(18)19)6-2-3-8-16(13)12(20)15-7-4-5-9(15)10(14)17/h9H,2-8H2,1H3,(H2,14,17)(H,18,19). The lowest BCUT2D eigenvalue weighted by atomic mass is 9.89. The van der Waals surface area contributed by atoms with E-state index in [1.807, 2.05) is 0 Å². The van der Waals surface area contributed by atoms with Gasteiger partial charge in [-0.2, -0.15) is 0 Å². The van der Waals surface area contributed by atoms with Gasteiger partial charge in [0.05, 0.1) is 0 Å². The molecule has 20 heavy (non-hydrogen) atoms. The van der Waals surface area contributed by atoms with Crippen LogP contribution in [0.3, 0.4) is 0 Å². The summed E-state index contributed by atoms with van der Waals surface area (Å²) < 4.78 is 0. The fourth-order valence-corrected chi connectivity index (χ4v) is 3.10. The summed E-state index contributed by atoms with van der Waals surface area (Å²) in [7, 11) is 0. The summed E-state index contributed by atoms with van der Waals surface area (Å²) in [6.45, 7) is 2.43. The number of primary amides is 1. The number of carboxylic acids is 1. The maximum absolute atomic E-state index is 12.6. The second-order valence-electron chi connectivity index (χ2n) is 5.72. The molecule has 2 heterocycles. The lowest BCUT2D eigenvalue weighted by Crippen LogP contribution is -2.62. The smallest absolute Gasteiger partial charge is 0.329 e. The molecule has 2 unspecified atom stereocenters. The van der Waals surface area contributed by atoms with Gasteiger partial charge in [0.25, 0.3) is 0 Å². The molecule has 3 amide bonds. The minimum absolute atomic E-state index is 0.379. The molecule has 0 spiro atoms. The maximum atomic E-state index is 12.6. The predicted octanol–water partition coefficient (Wildman–Crippen LogP) is 0.385. The van der Waals surface area contributed by atoms with Crippen LogP contribution in [-0.4, -0.2) is 57.5 Å². The van der Waals surface area contributed by atoms with E-state index in [1.54, 1.807) is 6.92 Å². The number of rotatable bonds is 2. The molecule has 0 aliphatic carbocycles. The van der Waals surface area contributed by atoms with Gasteiger partial charge in [0, 0.05) is 13.1 Å². The molecule has 0 saturated carbocycles. The number of aliphatic carboxylic acids is 1. The second kappa shape index (κ2) is 5.30. The topological polar surface area (TPSA) is 104 Å². The molecule has 0 radical (unpaired) electrons. The monoisotopic (exact) mass is 283 g/mol. The highest BCUT2D eigenvalue weighted by atomic mass is 16.4. The van der Waals surface area contributed by atoms with E-state index in [9.17, 15) is 19.5 Å². The SMILES string of the molecule is CC1(C(=O)O)CCCCN1C(=O)N1CCCC1C(N)=O. The molecule has 2 saturated heterocycles. The van der Waals surface area contributed by atoms with Crippen LogP contribution in [0.25, 0.3) is 0 Å². The normalized spacial score (nSPS) is 30.4. The zero-order valence-electron chi connectivity index (χ0n) is 11.7. The Hall–Kier alpha value is -1.79. The van der Waals surface area contributed by atoms with Gasteiger partial charge in [0.2, 0.25) is 5.91 Å². The molecule has 7 heteroatoms. The van der Waals surface area contributed by atoms with Crippen molar-refractivity contribution in [1.29, 1.82) is 0 Å². The molecule has 2 aliphatic heterocycles. The van der Waals surface area contributed by atoms with E-state index in [0.717, 1.165) is 19.3 Å². The molecule has 0 aromatic heterocycles. The first kappa shape index (κ1) is 14.6. The van der Waals surface area contributed by atoms with Crippen LogP contribution in [0.15, 0.2) is 0 Å². The Morgan fingerprint density at radius 3 is 2.50 bits per heavy atom. The van der Waals surface area contributed by atoms with Crippen molar-refractivity contribution in [2.24, 2.45) is 5.73 Å². The third-order valence-electron chi connectivity index (χ3n) is 4.41. The van der Waals surface area contributed by atoms with Crippen molar-refractivity contribution in [2.45, 2.75) is 50.6 Å². The third-order valence-corrected chi connectivity index (χ3v) is 4.41. The zero-order valence-corrected chi connectivity index (χ0v) is 11.7. The van der Waals surface area contributed by atoms with Gasteiger partial charge in [-0.1, -0.05) is 0 Å². The van der Waals surface area contributed by atoms with Crippen LogP contribution in [-0.2, 0) is 9.59 Å². The number of amides is 3. The molecule has 2 aliphatic rings. The van der Waals surface area contributed by atoms with Gasteiger partial charge >= 0.3 is 12.0 Å². The molecule has 0 aromatic carbocycles. The van der Waals surface area contributed by atoms with E-state index < -0.39 is 23.5 Å². The highest BCUT2D eigenvalue weighted by molar-refractivity contribution is 5.90. The number of hydrogen-bond donors (Lipinski definition) is 2. The molecular weight excluding hydrogens is 262 g/mol.